The Bertz CT molecular complexity index is 867. The number of alkyl halides is 3. The number of nitrogens with one attached hydrogen (secondary N) is 1. The first kappa shape index (κ1) is 18.2. The van der Waals surface area contributed by atoms with Crippen LogP contribution in [0.15, 0.2) is 47.0 Å². The second kappa shape index (κ2) is 7.36. The SMILES string of the molecule is CN=C(NCc1cn2ccsc2n1)N(C)Cc1ccc(C(F)(F)F)cc1. The molecule has 3 aromatic rings. The van der Waals surface area contributed by atoms with E-state index < -0.39 is 11.7 Å². The highest BCUT2D eigenvalue weighted by Gasteiger charge is 2.29. The second-order valence-corrected chi connectivity index (χ2v) is 6.65. The maximum Gasteiger partial charge on any atom is 0.416 e. The number of benzene rings is 1. The molecule has 1 aromatic carbocycles. The van der Waals surface area contributed by atoms with Crippen molar-refractivity contribution in [3.63, 3.8) is 0 Å². The zero-order valence-electron chi connectivity index (χ0n) is 14.3. The summed E-state index contributed by atoms with van der Waals surface area (Å²) >= 11 is 1.56. The molecule has 0 bridgehead atoms. The number of imidazole rings is 1. The Balaban J connectivity index is 1.59. The predicted molar refractivity (Wildman–Crippen MR) is 96.2 cm³/mol. The topological polar surface area (TPSA) is 44.9 Å². The van der Waals surface area contributed by atoms with Crippen LogP contribution in [0.25, 0.3) is 4.96 Å². The van der Waals surface area contributed by atoms with E-state index in [1.54, 1.807) is 18.4 Å². The minimum Gasteiger partial charge on any atom is -0.351 e. The van der Waals surface area contributed by atoms with Gasteiger partial charge in [0, 0.05) is 38.4 Å². The first-order valence-corrected chi connectivity index (χ1v) is 8.74. The van der Waals surface area contributed by atoms with Crippen LogP contribution in [-0.4, -0.2) is 34.3 Å². The highest BCUT2D eigenvalue weighted by molar-refractivity contribution is 7.15. The van der Waals surface area contributed by atoms with Crippen LogP contribution in [-0.2, 0) is 19.3 Å². The average Bonchev–Trinajstić information content (AvgIpc) is 3.16. The highest BCUT2D eigenvalue weighted by Crippen LogP contribution is 2.29. The molecule has 0 spiro atoms. The molecule has 0 fully saturated rings. The van der Waals surface area contributed by atoms with Gasteiger partial charge in [0.25, 0.3) is 0 Å². The Morgan fingerprint density at radius 1 is 1.31 bits per heavy atom. The number of guanidine groups is 1. The molecular formula is C17H18F3N5S. The molecule has 0 aliphatic heterocycles. The molecule has 26 heavy (non-hydrogen) atoms. The van der Waals surface area contributed by atoms with Gasteiger partial charge in [-0.2, -0.15) is 13.2 Å². The van der Waals surface area contributed by atoms with Gasteiger partial charge in [-0.3, -0.25) is 9.39 Å². The van der Waals surface area contributed by atoms with Gasteiger partial charge in [0.1, 0.15) is 0 Å². The number of thiazole rings is 1. The van der Waals surface area contributed by atoms with Crippen molar-refractivity contribution in [2.75, 3.05) is 14.1 Å². The van der Waals surface area contributed by atoms with Crippen LogP contribution in [0.2, 0.25) is 0 Å². The number of hydrogen-bond acceptors (Lipinski definition) is 3. The zero-order chi connectivity index (χ0) is 18.7. The summed E-state index contributed by atoms with van der Waals surface area (Å²) in [6.45, 7) is 0.953. The summed E-state index contributed by atoms with van der Waals surface area (Å²) in [5.41, 5.74) is 1.01. The summed E-state index contributed by atoms with van der Waals surface area (Å²) in [4.78, 5) is 11.5. The van der Waals surface area contributed by atoms with Crippen LogP contribution < -0.4 is 5.32 Å². The number of halogens is 3. The largest absolute Gasteiger partial charge is 0.416 e. The van der Waals surface area contributed by atoms with E-state index in [4.69, 9.17) is 0 Å². The van der Waals surface area contributed by atoms with Crippen molar-refractivity contribution >= 4 is 22.3 Å². The minimum absolute atomic E-state index is 0.441. The van der Waals surface area contributed by atoms with Crippen LogP contribution >= 0.6 is 11.3 Å². The van der Waals surface area contributed by atoms with Gasteiger partial charge in [0.05, 0.1) is 17.8 Å². The second-order valence-electron chi connectivity index (χ2n) is 5.78. The van der Waals surface area contributed by atoms with Crippen molar-refractivity contribution < 1.29 is 13.2 Å². The lowest BCUT2D eigenvalue weighted by Crippen LogP contribution is -2.38. The Morgan fingerprint density at radius 2 is 2.04 bits per heavy atom. The monoisotopic (exact) mass is 381 g/mol. The molecule has 0 aliphatic rings. The lowest BCUT2D eigenvalue weighted by molar-refractivity contribution is -0.137. The quantitative estimate of drug-likeness (QED) is 0.555. The summed E-state index contributed by atoms with van der Waals surface area (Å²) in [5, 5.41) is 5.19. The van der Waals surface area contributed by atoms with E-state index in [0.717, 1.165) is 28.4 Å². The third-order valence-corrected chi connectivity index (χ3v) is 4.62. The van der Waals surface area contributed by atoms with Crippen LogP contribution in [0.5, 0.6) is 0 Å². The van der Waals surface area contributed by atoms with E-state index in [9.17, 15) is 13.2 Å². The standard InChI is InChI=1S/C17H18F3N5S/c1-21-15(22-9-14-11-25-7-8-26-16(25)23-14)24(2)10-12-3-5-13(6-4-12)17(18,19)20/h3-8,11H,9-10H2,1-2H3,(H,21,22). The number of nitrogens with zero attached hydrogens (tertiary/aromatic N) is 4. The maximum absolute atomic E-state index is 12.6. The third-order valence-electron chi connectivity index (χ3n) is 3.85. The molecule has 0 saturated carbocycles. The molecule has 1 N–H and O–H groups in total. The molecule has 3 rings (SSSR count). The molecule has 2 aromatic heterocycles. The lowest BCUT2D eigenvalue weighted by Gasteiger charge is -2.22. The van der Waals surface area contributed by atoms with Crippen molar-refractivity contribution in [2.45, 2.75) is 19.3 Å². The number of aromatic nitrogens is 2. The fraction of sp³-hybridized carbons (Fsp3) is 0.294. The summed E-state index contributed by atoms with van der Waals surface area (Å²) in [7, 11) is 3.50. The van der Waals surface area contributed by atoms with Crippen LogP contribution in [0, 0.1) is 0 Å². The van der Waals surface area contributed by atoms with E-state index in [1.165, 1.54) is 12.1 Å². The molecule has 9 heteroatoms. The van der Waals surface area contributed by atoms with Crippen molar-refractivity contribution in [1.82, 2.24) is 19.6 Å². The van der Waals surface area contributed by atoms with E-state index in [0.29, 0.717) is 19.0 Å². The van der Waals surface area contributed by atoms with Gasteiger partial charge in [-0.05, 0) is 17.7 Å². The Kier molecular flexibility index (Phi) is 5.17. The molecule has 5 nitrogen and oxygen atoms in total. The van der Waals surface area contributed by atoms with Gasteiger partial charge in [-0.1, -0.05) is 12.1 Å². The number of fused-ring (bicyclic) bond motifs is 1. The van der Waals surface area contributed by atoms with Gasteiger partial charge >= 0.3 is 6.18 Å². The molecule has 0 unspecified atom stereocenters. The summed E-state index contributed by atoms with van der Waals surface area (Å²) in [5.74, 6) is 0.640. The third kappa shape index (κ3) is 4.16. The highest BCUT2D eigenvalue weighted by atomic mass is 32.1. The molecule has 0 amide bonds. The molecular weight excluding hydrogens is 363 g/mol. The Morgan fingerprint density at radius 3 is 2.65 bits per heavy atom. The fourth-order valence-electron chi connectivity index (χ4n) is 2.56. The number of rotatable bonds is 4. The molecule has 0 radical (unpaired) electrons. The number of aliphatic imine (C=N–C) groups is 1. The van der Waals surface area contributed by atoms with Crippen LogP contribution in [0.3, 0.4) is 0 Å². The normalized spacial score (nSPS) is 12.6. The van der Waals surface area contributed by atoms with Gasteiger partial charge < -0.3 is 10.2 Å². The van der Waals surface area contributed by atoms with Gasteiger partial charge in [-0.25, -0.2) is 4.98 Å². The molecule has 0 atom stereocenters. The van der Waals surface area contributed by atoms with E-state index >= 15 is 0 Å². The minimum atomic E-state index is -4.32. The fourth-order valence-corrected chi connectivity index (χ4v) is 3.28. The van der Waals surface area contributed by atoms with Crippen molar-refractivity contribution in [2.24, 2.45) is 4.99 Å². The van der Waals surface area contributed by atoms with E-state index in [2.05, 4.69) is 15.3 Å². The van der Waals surface area contributed by atoms with Crippen molar-refractivity contribution in [1.29, 1.82) is 0 Å². The van der Waals surface area contributed by atoms with Crippen LogP contribution in [0.4, 0.5) is 13.2 Å². The van der Waals surface area contributed by atoms with Crippen molar-refractivity contribution in [3.8, 4) is 0 Å². The van der Waals surface area contributed by atoms with Gasteiger partial charge in [-0.15, -0.1) is 11.3 Å². The zero-order valence-corrected chi connectivity index (χ0v) is 15.1. The van der Waals surface area contributed by atoms with Crippen molar-refractivity contribution in [3.05, 3.63) is 58.9 Å². The summed E-state index contributed by atoms with van der Waals surface area (Å²) in [6, 6.07) is 5.15. The van der Waals surface area contributed by atoms with E-state index in [-0.39, 0.29) is 0 Å². The Hall–Kier alpha value is -2.55. The molecule has 0 aliphatic carbocycles. The molecule has 2 heterocycles. The van der Waals surface area contributed by atoms with Crippen LogP contribution in [0.1, 0.15) is 16.8 Å². The van der Waals surface area contributed by atoms with E-state index in [1.807, 2.05) is 34.1 Å². The van der Waals surface area contributed by atoms with Gasteiger partial charge in [0.2, 0.25) is 0 Å². The number of hydrogen-bond donors (Lipinski definition) is 1. The molecule has 0 saturated heterocycles. The van der Waals surface area contributed by atoms with Gasteiger partial charge in [0.15, 0.2) is 10.9 Å². The first-order valence-electron chi connectivity index (χ1n) is 7.86. The maximum atomic E-state index is 12.6. The lowest BCUT2D eigenvalue weighted by atomic mass is 10.1. The Labute approximate surface area is 152 Å². The first-order chi connectivity index (χ1) is 12.4. The molecule has 138 valence electrons. The summed E-state index contributed by atoms with van der Waals surface area (Å²) < 4.78 is 39.9. The predicted octanol–water partition coefficient (Wildman–Crippen LogP) is 3.62. The smallest absolute Gasteiger partial charge is 0.351 e. The summed E-state index contributed by atoms with van der Waals surface area (Å²) in [6.07, 6.45) is -0.426. The average molecular weight is 381 g/mol.